The van der Waals surface area contributed by atoms with E-state index < -0.39 is 0 Å². The smallest absolute Gasteiger partial charge is 0.188 e. The summed E-state index contributed by atoms with van der Waals surface area (Å²) in [7, 11) is 3.95. The number of hydrogen-bond acceptors (Lipinski definition) is 3. The molecule has 134 valence electrons. The van der Waals surface area contributed by atoms with Gasteiger partial charge in [-0.25, -0.2) is 0 Å². The molecule has 0 heterocycles. The normalized spacial score (nSPS) is 12.4. The van der Waals surface area contributed by atoms with Gasteiger partial charge in [0.15, 0.2) is 6.79 Å². The Bertz CT molecular complexity index is 748. The number of aryl methyl sites for hydroxylation is 1. The fraction of sp³-hybridized carbons (Fsp3) is 0.381. The molecule has 0 fully saturated rings. The van der Waals surface area contributed by atoms with Crippen LogP contribution in [-0.2, 0) is 10.2 Å². The van der Waals surface area contributed by atoms with Crippen molar-refractivity contribution < 1.29 is 9.47 Å². The van der Waals surface area contributed by atoms with Crippen LogP contribution in [0.2, 0.25) is 0 Å². The second kappa shape index (κ2) is 8.60. The summed E-state index contributed by atoms with van der Waals surface area (Å²) in [4.78, 5) is 4.18. The minimum Gasteiger partial charge on any atom is -0.467 e. The molecule has 3 nitrogen and oxygen atoms in total. The predicted molar refractivity (Wildman–Crippen MR) is 110 cm³/mol. The molecule has 0 aliphatic carbocycles. The van der Waals surface area contributed by atoms with E-state index in [4.69, 9.17) is 9.47 Å². The molecule has 0 saturated carbocycles. The Labute approximate surface area is 153 Å². The second-order valence-corrected chi connectivity index (χ2v) is 8.42. The largest absolute Gasteiger partial charge is 0.467 e. The van der Waals surface area contributed by atoms with E-state index in [0.29, 0.717) is 8.58 Å². The Morgan fingerprint density at radius 2 is 1.84 bits per heavy atom. The summed E-state index contributed by atoms with van der Waals surface area (Å²) >= 11 is 0. The molecule has 2 aromatic rings. The number of rotatable bonds is 6. The van der Waals surface area contributed by atoms with Crippen molar-refractivity contribution in [2.24, 2.45) is 4.99 Å². The number of hydrogen-bond donors (Lipinski definition) is 0. The topological polar surface area (TPSA) is 30.8 Å². The highest BCUT2D eigenvalue weighted by Gasteiger charge is 2.22. The third kappa shape index (κ3) is 5.14. The van der Waals surface area contributed by atoms with E-state index in [1.54, 1.807) is 14.2 Å². The van der Waals surface area contributed by atoms with Gasteiger partial charge in [-0.05, 0) is 34.8 Å². The Morgan fingerprint density at radius 3 is 2.48 bits per heavy atom. The third-order valence-electron chi connectivity index (χ3n) is 3.86. The summed E-state index contributed by atoms with van der Waals surface area (Å²) in [5.74, 6) is 0.946. The van der Waals surface area contributed by atoms with Crippen LogP contribution in [0.25, 0.3) is 0 Å². The van der Waals surface area contributed by atoms with Crippen molar-refractivity contribution >= 4 is 25.4 Å². The Morgan fingerprint density at radius 1 is 1.12 bits per heavy atom. The summed E-state index contributed by atoms with van der Waals surface area (Å²) < 4.78 is 11.2. The molecule has 0 aromatic heterocycles. The van der Waals surface area contributed by atoms with Crippen molar-refractivity contribution in [3.8, 4) is 5.75 Å². The maximum absolute atomic E-state index is 6.02. The molecular weight excluding hydrogens is 329 g/mol. The number of nitrogens with zero attached hydrogens (tertiary/aromatic N) is 1. The van der Waals surface area contributed by atoms with Crippen LogP contribution in [0, 0.1) is 6.92 Å². The maximum atomic E-state index is 6.02. The summed E-state index contributed by atoms with van der Waals surface area (Å²) in [6, 6.07) is 12.8. The fourth-order valence-electron chi connectivity index (χ4n) is 2.70. The summed E-state index contributed by atoms with van der Waals surface area (Å²) in [5.41, 5.74) is 3.62. The van der Waals surface area contributed by atoms with Gasteiger partial charge in [-0.3, -0.25) is 4.99 Å². The van der Waals surface area contributed by atoms with E-state index in [-0.39, 0.29) is 12.2 Å². The van der Waals surface area contributed by atoms with Crippen LogP contribution in [-0.4, -0.2) is 27.2 Å². The third-order valence-corrected chi connectivity index (χ3v) is 5.23. The molecule has 0 aliphatic rings. The molecule has 0 amide bonds. The van der Waals surface area contributed by atoms with E-state index in [1.807, 2.05) is 12.3 Å². The van der Waals surface area contributed by atoms with E-state index >= 15 is 0 Å². The molecule has 4 heteroatoms. The lowest BCUT2D eigenvalue weighted by Gasteiger charge is -2.26. The zero-order chi connectivity index (χ0) is 18.4. The lowest BCUT2D eigenvalue weighted by Crippen LogP contribution is -2.20. The molecule has 25 heavy (non-hydrogen) atoms. The van der Waals surface area contributed by atoms with Crippen LogP contribution in [0.4, 0.5) is 0 Å². The summed E-state index contributed by atoms with van der Waals surface area (Å²) in [6.07, 6.45) is 1.92. The number of ether oxygens (including phenoxy) is 2. The lowest BCUT2D eigenvalue weighted by molar-refractivity contribution is 0.0506. The van der Waals surface area contributed by atoms with E-state index in [9.17, 15) is 0 Å². The van der Waals surface area contributed by atoms with Gasteiger partial charge < -0.3 is 9.47 Å². The maximum Gasteiger partial charge on any atom is 0.188 e. The van der Waals surface area contributed by atoms with Gasteiger partial charge >= 0.3 is 0 Å². The zero-order valence-electron chi connectivity index (χ0n) is 16.0. The SMILES string of the molecule is CN=Cc1ccccc1Pc1cc(C)cc(C(C)(C)C)c1OCOC. The minimum absolute atomic E-state index is 0.00127. The molecule has 0 bridgehead atoms. The van der Waals surface area contributed by atoms with Gasteiger partial charge in [0.25, 0.3) is 0 Å². The predicted octanol–water partition coefficient (Wildman–Crippen LogP) is 3.95. The quantitative estimate of drug-likeness (QED) is 0.445. The number of methoxy groups -OCH3 is 1. The van der Waals surface area contributed by atoms with E-state index in [0.717, 1.165) is 11.3 Å². The van der Waals surface area contributed by atoms with Crippen LogP contribution < -0.4 is 15.3 Å². The Balaban J connectivity index is 2.55. The van der Waals surface area contributed by atoms with E-state index in [2.05, 4.69) is 63.0 Å². The van der Waals surface area contributed by atoms with Gasteiger partial charge in [0, 0.05) is 31.2 Å². The van der Waals surface area contributed by atoms with Crippen molar-refractivity contribution in [1.82, 2.24) is 0 Å². The molecule has 0 spiro atoms. The average Bonchev–Trinajstić information content (AvgIpc) is 2.55. The highest BCUT2D eigenvalue weighted by Crippen LogP contribution is 2.34. The first-order chi connectivity index (χ1) is 11.9. The first-order valence-corrected chi connectivity index (χ1v) is 9.42. The van der Waals surface area contributed by atoms with E-state index in [1.165, 1.54) is 21.7 Å². The van der Waals surface area contributed by atoms with Gasteiger partial charge in [0.2, 0.25) is 0 Å². The highest BCUT2D eigenvalue weighted by atomic mass is 31.1. The molecule has 0 aliphatic heterocycles. The molecule has 1 unspecified atom stereocenters. The first-order valence-electron chi connectivity index (χ1n) is 8.42. The second-order valence-electron chi connectivity index (χ2n) is 7.09. The van der Waals surface area contributed by atoms with Crippen LogP contribution in [0.5, 0.6) is 5.75 Å². The van der Waals surface area contributed by atoms with Crippen LogP contribution in [0.15, 0.2) is 41.4 Å². The van der Waals surface area contributed by atoms with Gasteiger partial charge in [-0.1, -0.05) is 59.7 Å². The van der Waals surface area contributed by atoms with Crippen molar-refractivity contribution in [3.05, 3.63) is 53.1 Å². The van der Waals surface area contributed by atoms with Crippen molar-refractivity contribution in [2.75, 3.05) is 21.0 Å². The minimum atomic E-state index is -0.00127. The van der Waals surface area contributed by atoms with Crippen LogP contribution in [0.3, 0.4) is 0 Å². The van der Waals surface area contributed by atoms with Gasteiger partial charge in [0.1, 0.15) is 5.75 Å². The van der Waals surface area contributed by atoms with Crippen molar-refractivity contribution in [1.29, 1.82) is 0 Å². The van der Waals surface area contributed by atoms with Crippen molar-refractivity contribution in [3.63, 3.8) is 0 Å². The van der Waals surface area contributed by atoms with Gasteiger partial charge in [-0.15, -0.1) is 0 Å². The number of aliphatic imine (C=N–C) groups is 1. The summed E-state index contributed by atoms with van der Waals surface area (Å²) in [5, 5.41) is 2.47. The van der Waals surface area contributed by atoms with Gasteiger partial charge in [-0.2, -0.15) is 0 Å². The standard InChI is InChI=1S/C21H28NO2P/c1-15-11-17(21(2,3)4)20(24-14-23-6)19(12-15)25-18-10-8-7-9-16(18)13-22-5/h7-13,25H,14H2,1-6H3. The average molecular weight is 357 g/mol. The Kier molecular flexibility index (Phi) is 6.75. The van der Waals surface area contributed by atoms with Crippen LogP contribution in [0.1, 0.15) is 37.5 Å². The zero-order valence-corrected chi connectivity index (χ0v) is 17.0. The highest BCUT2D eigenvalue weighted by molar-refractivity contribution is 7.56. The first kappa shape index (κ1) is 19.6. The molecule has 0 radical (unpaired) electrons. The fourth-order valence-corrected chi connectivity index (χ4v) is 4.09. The molecule has 2 aromatic carbocycles. The molecule has 2 rings (SSSR count). The van der Waals surface area contributed by atoms with Crippen molar-refractivity contribution in [2.45, 2.75) is 33.1 Å². The molecular formula is C21H28NO2P. The number of benzene rings is 2. The Hall–Kier alpha value is -1.70. The molecule has 0 N–H and O–H groups in total. The lowest BCUT2D eigenvalue weighted by atomic mass is 9.85. The molecule has 1 atom stereocenters. The molecule has 0 saturated heterocycles. The monoisotopic (exact) mass is 357 g/mol. The van der Waals surface area contributed by atoms with Gasteiger partial charge in [0.05, 0.1) is 0 Å². The van der Waals surface area contributed by atoms with Crippen LogP contribution >= 0.6 is 8.58 Å². The summed E-state index contributed by atoms with van der Waals surface area (Å²) in [6.45, 7) is 9.04.